The van der Waals surface area contributed by atoms with Crippen LogP contribution in [0.15, 0.2) is 23.8 Å². The van der Waals surface area contributed by atoms with Crippen molar-refractivity contribution < 1.29 is 4.79 Å². The maximum absolute atomic E-state index is 9.97. The van der Waals surface area contributed by atoms with E-state index in [4.69, 9.17) is 11.6 Å². The van der Waals surface area contributed by atoms with Gasteiger partial charge in [-0.2, -0.15) is 0 Å². The molecule has 0 rings (SSSR count). The highest BCUT2D eigenvalue weighted by atomic mass is 35.5. The van der Waals surface area contributed by atoms with E-state index < -0.39 is 0 Å². The van der Waals surface area contributed by atoms with Crippen molar-refractivity contribution in [2.45, 2.75) is 13.3 Å². The van der Waals surface area contributed by atoms with E-state index in [2.05, 4.69) is 0 Å². The Hall–Kier alpha value is -0.560. The van der Waals surface area contributed by atoms with E-state index in [1.165, 1.54) is 5.54 Å². The number of hydrogen-bond donors (Lipinski definition) is 0. The first-order valence-corrected chi connectivity index (χ1v) is 3.62. The molecule has 0 aliphatic carbocycles. The number of carbonyl (C=O) groups excluding carboxylic acids is 1. The molecule has 0 aromatic carbocycles. The van der Waals surface area contributed by atoms with Crippen LogP contribution in [0.2, 0.25) is 0 Å². The van der Waals surface area contributed by atoms with Gasteiger partial charge in [-0.1, -0.05) is 36.8 Å². The molecule has 1 unspecified atom stereocenters. The van der Waals surface area contributed by atoms with Crippen LogP contribution in [0.5, 0.6) is 0 Å². The molecule has 0 aromatic rings. The zero-order valence-corrected chi connectivity index (χ0v) is 6.71. The van der Waals surface area contributed by atoms with Crippen molar-refractivity contribution in [1.29, 1.82) is 0 Å². The number of hydrogen-bond acceptors (Lipinski definition) is 1. The molecule has 0 N–H and O–H groups in total. The van der Waals surface area contributed by atoms with Crippen LogP contribution < -0.4 is 0 Å². The third-order valence-electron chi connectivity index (χ3n) is 1.09. The third kappa shape index (κ3) is 5.57. The zero-order valence-electron chi connectivity index (χ0n) is 5.96. The topological polar surface area (TPSA) is 17.1 Å². The SMILES string of the molecule is CC(/C=C\C=C\Cl)CC=O. The van der Waals surface area contributed by atoms with Crippen LogP contribution in [0.25, 0.3) is 0 Å². The van der Waals surface area contributed by atoms with Crippen molar-refractivity contribution in [3.8, 4) is 0 Å². The summed E-state index contributed by atoms with van der Waals surface area (Å²) in [7, 11) is 0. The molecule has 0 heterocycles. The van der Waals surface area contributed by atoms with Crippen LogP contribution in [0.3, 0.4) is 0 Å². The number of halogens is 1. The number of aldehydes is 1. The minimum atomic E-state index is 0.311. The van der Waals surface area contributed by atoms with Gasteiger partial charge in [-0.15, -0.1) is 0 Å². The van der Waals surface area contributed by atoms with Crippen LogP contribution in [-0.2, 0) is 4.79 Å². The largest absolute Gasteiger partial charge is 0.303 e. The standard InChI is InChI=1S/C8H11ClO/c1-8(5-7-10)4-2-3-6-9/h2-4,6-8H,5H2,1H3/b4-2-,6-3+. The summed E-state index contributed by atoms with van der Waals surface area (Å²) in [6, 6.07) is 0. The predicted molar refractivity (Wildman–Crippen MR) is 44.0 cm³/mol. The lowest BCUT2D eigenvalue weighted by Crippen LogP contribution is -1.88. The Kier molecular flexibility index (Phi) is 6.19. The van der Waals surface area contributed by atoms with Crippen LogP contribution in [0.4, 0.5) is 0 Å². The lowest BCUT2D eigenvalue weighted by molar-refractivity contribution is -0.108. The van der Waals surface area contributed by atoms with Crippen molar-refractivity contribution in [3.63, 3.8) is 0 Å². The Labute approximate surface area is 66.4 Å². The van der Waals surface area contributed by atoms with Gasteiger partial charge in [-0.05, 0) is 5.92 Å². The molecule has 10 heavy (non-hydrogen) atoms. The number of carbonyl (C=O) groups is 1. The molecule has 0 radical (unpaired) electrons. The maximum Gasteiger partial charge on any atom is 0.120 e. The second kappa shape index (κ2) is 6.56. The van der Waals surface area contributed by atoms with Crippen molar-refractivity contribution >= 4 is 17.9 Å². The Bertz CT molecular complexity index is 138. The van der Waals surface area contributed by atoms with Crippen molar-refractivity contribution in [2.24, 2.45) is 5.92 Å². The lowest BCUT2D eigenvalue weighted by atomic mass is 10.1. The highest BCUT2D eigenvalue weighted by Gasteiger charge is 1.91. The van der Waals surface area contributed by atoms with Gasteiger partial charge in [0.05, 0.1) is 0 Å². The fourth-order valence-corrected chi connectivity index (χ4v) is 0.610. The van der Waals surface area contributed by atoms with E-state index in [1.807, 2.05) is 19.1 Å². The molecule has 1 nitrogen and oxygen atoms in total. The van der Waals surface area contributed by atoms with Gasteiger partial charge in [0.2, 0.25) is 0 Å². The quantitative estimate of drug-likeness (QED) is 0.454. The average molecular weight is 159 g/mol. The molecule has 0 spiro atoms. The summed E-state index contributed by atoms with van der Waals surface area (Å²) >= 11 is 5.26. The summed E-state index contributed by atoms with van der Waals surface area (Å²) in [4.78, 5) is 9.97. The van der Waals surface area contributed by atoms with Gasteiger partial charge in [0.25, 0.3) is 0 Å². The summed E-state index contributed by atoms with van der Waals surface area (Å²) in [5, 5.41) is 0. The van der Waals surface area contributed by atoms with E-state index in [0.29, 0.717) is 12.3 Å². The van der Waals surface area contributed by atoms with Crippen LogP contribution in [0.1, 0.15) is 13.3 Å². The second-order valence-corrected chi connectivity index (χ2v) is 2.33. The third-order valence-corrected chi connectivity index (χ3v) is 1.24. The summed E-state index contributed by atoms with van der Waals surface area (Å²) in [6.07, 6.45) is 6.99. The van der Waals surface area contributed by atoms with E-state index in [9.17, 15) is 4.79 Å². The summed E-state index contributed by atoms with van der Waals surface area (Å²) in [5.41, 5.74) is 1.43. The van der Waals surface area contributed by atoms with Crippen molar-refractivity contribution in [2.75, 3.05) is 0 Å². The summed E-state index contributed by atoms with van der Waals surface area (Å²) in [5.74, 6) is 0.311. The average Bonchev–Trinajstić information content (AvgIpc) is 1.89. The molecule has 0 aliphatic rings. The van der Waals surface area contributed by atoms with E-state index in [1.54, 1.807) is 6.08 Å². The molecular formula is C8H11ClO. The Balaban J connectivity index is 3.54. The first kappa shape index (κ1) is 9.44. The molecule has 0 aliphatic heterocycles. The Morgan fingerprint density at radius 3 is 2.70 bits per heavy atom. The predicted octanol–water partition coefficient (Wildman–Crippen LogP) is 2.52. The Morgan fingerprint density at radius 2 is 2.20 bits per heavy atom. The van der Waals surface area contributed by atoms with Gasteiger partial charge in [-0.3, -0.25) is 0 Å². The zero-order chi connectivity index (χ0) is 7.82. The first-order valence-electron chi connectivity index (χ1n) is 3.18. The van der Waals surface area contributed by atoms with Gasteiger partial charge in [0, 0.05) is 12.0 Å². The summed E-state index contributed by atoms with van der Waals surface area (Å²) < 4.78 is 0. The lowest BCUT2D eigenvalue weighted by Gasteiger charge is -1.95. The molecule has 2 heteroatoms. The van der Waals surface area contributed by atoms with Crippen molar-refractivity contribution in [3.05, 3.63) is 23.8 Å². The van der Waals surface area contributed by atoms with Crippen LogP contribution in [0, 0.1) is 5.92 Å². The van der Waals surface area contributed by atoms with Gasteiger partial charge in [0.1, 0.15) is 6.29 Å². The number of allylic oxidation sites excluding steroid dienone is 3. The molecular weight excluding hydrogens is 148 g/mol. The fraction of sp³-hybridized carbons (Fsp3) is 0.375. The van der Waals surface area contributed by atoms with Crippen LogP contribution >= 0.6 is 11.6 Å². The highest BCUT2D eigenvalue weighted by Crippen LogP contribution is 2.00. The molecule has 0 aromatic heterocycles. The maximum atomic E-state index is 9.97. The van der Waals surface area contributed by atoms with Gasteiger partial charge < -0.3 is 4.79 Å². The number of rotatable bonds is 4. The second-order valence-electron chi connectivity index (χ2n) is 2.08. The smallest absolute Gasteiger partial charge is 0.120 e. The fourth-order valence-electron chi connectivity index (χ4n) is 0.526. The monoisotopic (exact) mass is 158 g/mol. The molecule has 0 saturated heterocycles. The molecule has 0 saturated carbocycles. The van der Waals surface area contributed by atoms with Gasteiger partial charge in [0.15, 0.2) is 0 Å². The van der Waals surface area contributed by atoms with Crippen molar-refractivity contribution in [1.82, 2.24) is 0 Å². The van der Waals surface area contributed by atoms with Gasteiger partial charge >= 0.3 is 0 Å². The molecule has 0 bridgehead atoms. The van der Waals surface area contributed by atoms with E-state index in [-0.39, 0.29) is 0 Å². The molecule has 0 amide bonds. The first-order chi connectivity index (χ1) is 4.81. The highest BCUT2D eigenvalue weighted by molar-refractivity contribution is 6.25. The molecule has 0 fully saturated rings. The van der Waals surface area contributed by atoms with E-state index in [0.717, 1.165) is 6.29 Å². The normalized spacial score (nSPS) is 14.6. The molecule has 56 valence electrons. The molecule has 1 atom stereocenters. The minimum Gasteiger partial charge on any atom is -0.303 e. The van der Waals surface area contributed by atoms with E-state index >= 15 is 0 Å². The minimum absolute atomic E-state index is 0.311. The van der Waals surface area contributed by atoms with Gasteiger partial charge in [-0.25, -0.2) is 0 Å². The Morgan fingerprint density at radius 1 is 1.50 bits per heavy atom. The summed E-state index contributed by atoms with van der Waals surface area (Å²) in [6.45, 7) is 1.98. The van der Waals surface area contributed by atoms with Crippen LogP contribution in [-0.4, -0.2) is 6.29 Å².